The number of oxime groups is 1. The van der Waals surface area contributed by atoms with Crippen LogP contribution in [0.2, 0.25) is 0 Å². The van der Waals surface area contributed by atoms with Gasteiger partial charge in [-0.1, -0.05) is 29.1 Å². The fourth-order valence-electron chi connectivity index (χ4n) is 3.36. The van der Waals surface area contributed by atoms with Crippen molar-refractivity contribution in [2.75, 3.05) is 13.7 Å². The average Bonchev–Trinajstić information content (AvgIpc) is 2.78. The van der Waals surface area contributed by atoms with Crippen molar-refractivity contribution in [1.82, 2.24) is 0 Å². The summed E-state index contributed by atoms with van der Waals surface area (Å²) in [7, 11) is 1.44. The van der Waals surface area contributed by atoms with Crippen molar-refractivity contribution in [2.24, 2.45) is 5.16 Å². The predicted molar refractivity (Wildman–Crippen MR) is 121 cm³/mol. The highest BCUT2D eigenvalue weighted by atomic mass is 32.2. The molecule has 1 N–H and O–H groups in total. The number of ether oxygens (including phenoxy) is 6. The number of para-hydroxylation sites is 1. The minimum atomic E-state index is -1.33. The van der Waals surface area contributed by atoms with Crippen LogP contribution in [0.1, 0.15) is 33.3 Å². The van der Waals surface area contributed by atoms with Crippen LogP contribution in [0.3, 0.4) is 0 Å². The molecule has 1 saturated heterocycles. The number of thioether (sulfide) groups is 1. The number of carbonyl (C=O) groups excluding carboxylic acids is 4. The first-order chi connectivity index (χ1) is 16.6. The lowest BCUT2D eigenvalue weighted by Gasteiger charge is -2.44. The van der Waals surface area contributed by atoms with Crippen LogP contribution >= 0.6 is 11.8 Å². The van der Waals surface area contributed by atoms with Gasteiger partial charge in [-0.2, -0.15) is 0 Å². The summed E-state index contributed by atoms with van der Waals surface area (Å²) in [6.07, 6.45) is -5.03. The molecule has 1 aliphatic heterocycles. The molecule has 13 heteroatoms. The van der Waals surface area contributed by atoms with E-state index in [4.69, 9.17) is 28.4 Å². The molecule has 0 unspecified atom stereocenters. The number of hydrogen-bond donors (Lipinski definition) is 1. The standard InChI is InChI=1S/C22H27NO11S/c1-11(24)30-10-17-18(31-12(2)25)19(32-13(3)26)20(33-14(4)27)22(34-17)35-21(23-28)15-8-6-7-9-16(15)29-5/h6-9,17-20,22,28H,10H2,1-5H3/b23-21-/t17-,18-,19+,20-,22+/m1/s1. The molecule has 1 fully saturated rings. The number of carbonyl (C=O) groups is 4. The van der Waals surface area contributed by atoms with E-state index < -0.39 is 53.7 Å². The molecule has 1 heterocycles. The second kappa shape index (κ2) is 13.0. The summed E-state index contributed by atoms with van der Waals surface area (Å²) in [6, 6.07) is 6.69. The number of nitrogens with zero attached hydrogens (tertiary/aromatic N) is 1. The van der Waals surface area contributed by atoms with Crippen molar-refractivity contribution in [1.29, 1.82) is 0 Å². The SMILES string of the molecule is COc1ccccc1/C(=N/O)S[C@@H]1O[C@H](COC(C)=O)[C@@H](OC(C)=O)[C@H](OC(C)=O)[C@H]1OC(C)=O. The lowest BCUT2D eigenvalue weighted by atomic mass is 9.99. The molecule has 0 radical (unpaired) electrons. The zero-order valence-electron chi connectivity index (χ0n) is 19.8. The number of benzene rings is 1. The van der Waals surface area contributed by atoms with Gasteiger partial charge in [0.15, 0.2) is 23.7 Å². The third-order valence-corrected chi connectivity index (χ3v) is 5.74. The Morgan fingerprint density at radius 1 is 0.914 bits per heavy atom. The van der Waals surface area contributed by atoms with Crippen LogP contribution < -0.4 is 4.74 Å². The van der Waals surface area contributed by atoms with E-state index in [-0.39, 0.29) is 11.7 Å². The highest BCUT2D eigenvalue weighted by Crippen LogP contribution is 2.37. The second-order valence-electron chi connectivity index (χ2n) is 7.29. The van der Waals surface area contributed by atoms with Gasteiger partial charge in [0.2, 0.25) is 0 Å². The number of hydrogen-bond acceptors (Lipinski definition) is 13. The third-order valence-electron chi connectivity index (χ3n) is 4.60. The highest BCUT2D eigenvalue weighted by Gasteiger charge is 2.52. The molecule has 1 aromatic carbocycles. The van der Waals surface area contributed by atoms with E-state index in [1.807, 2.05) is 0 Å². The van der Waals surface area contributed by atoms with E-state index in [0.29, 0.717) is 11.3 Å². The van der Waals surface area contributed by atoms with Crippen molar-refractivity contribution in [3.05, 3.63) is 29.8 Å². The minimum absolute atomic E-state index is 0.0309. The molecular weight excluding hydrogens is 486 g/mol. The Morgan fingerprint density at radius 2 is 1.49 bits per heavy atom. The smallest absolute Gasteiger partial charge is 0.303 e. The summed E-state index contributed by atoms with van der Waals surface area (Å²) in [5.41, 5.74) is -0.748. The molecule has 0 saturated carbocycles. The molecule has 0 aromatic heterocycles. The Morgan fingerprint density at radius 3 is 2.03 bits per heavy atom. The molecule has 192 valence electrons. The van der Waals surface area contributed by atoms with Gasteiger partial charge in [-0.15, -0.1) is 0 Å². The quantitative estimate of drug-likeness (QED) is 0.134. The zero-order valence-corrected chi connectivity index (χ0v) is 20.6. The Kier molecular flexibility index (Phi) is 10.3. The largest absolute Gasteiger partial charge is 0.496 e. The van der Waals surface area contributed by atoms with E-state index in [9.17, 15) is 24.4 Å². The first kappa shape index (κ1) is 27.9. The van der Waals surface area contributed by atoms with Crippen molar-refractivity contribution >= 4 is 40.7 Å². The Balaban J connectivity index is 2.52. The maximum Gasteiger partial charge on any atom is 0.303 e. The Bertz CT molecular complexity index is 966. The summed E-state index contributed by atoms with van der Waals surface area (Å²) in [4.78, 5) is 47.1. The number of esters is 4. The third kappa shape index (κ3) is 7.86. The van der Waals surface area contributed by atoms with Gasteiger partial charge in [-0.3, -0.25) is 19.2 Å². The molecule has 0 amide bonds. The Labute approximate surface area is 205 Å². The lowest BCUT2D eigenvalue weighted by Crippen LogP contribution is -2.61. The van der Waals surface area contributed by atoms with Gasteiger partial charge in [0.25, 0.3) is 0 Å². The molecule has 0 spiro atoms. The summed E-state index contributed by atoms with van der Waals surface area (Å²) in [6.45, 7) is 4.21. The molecular formula is C22H27NO11S. The van der Waals surface area contributed by atoms with E-state index in [0.717, 1.165) is 32.5 Å². The van der Waals surface area contributed by atoms with Crippen LogP contribution in [0, 0.1) is 0 Å². The van der Waals surface area contributed by atoms with Gasteiger partial charge in [0.1, 0.15) is 23.5 Å². The van der Waals surface area contributed by atoms with Crippen molar-refractivity contribution in [3.63, 3.8) is 0 Å². The normalized spacial score (nSPS) is 24.1. The van der Waals surface area contributed by atoms with E-state index in [1.165, 1.54) is 14.0 Å². The van der Waals surface area contributed by atoms with Crippen LogP contribution in [0.15, 0.2) is 29.4 Å². The Hall–Kier alpha value is -3.32. The summed E-state index contributed by atoms with van der Waals surface area (Å²) in [5, 5.41) is 13.1. The molecule has 2 rings (SSSR count). The van der Waals surface area contributed by atoms with Crippen molar-refractivity contribution in [3.8, 4) is 5.75 Å². The topological polar surface area (TPSA) is 156 Å². The van der Waals surface area contributed by atoms with E-state index in [1.54, 1.807) is 24.3 Å². The van der Waals surface area contributed by atoms with E-state index in [2.05, 4.69) is 5.16 Å². The average molecular weight is 514 g/mol. The van der Waals surface area contributed by atoms with Gasteiger partial charge in [-0.05, 0) is 12.1 Å². The molecule has 0 aliphatic carbocycles. The maximum absolute atomic E-state index is 11.9. The minimum Gasteiger partial charge on any atom is -0.496 e. The van der Waals surface area contributed by atoms with Crippen LogP contribution in [0.5, 0.6) is 5.75 Å². The fraction of sp³-hybridized carbons (Fsp3) is 0.500. The zero-order chi connectivity index (χ0) is 26.1. The van der Waals surface area contributed by atoms with Crippen molar-refractivity contribution < 1.29 is 52.8 Å². The predicted octanol–water partition coefficient (Wildman–Crippen LogP) is 1.65. The monoisotopic (exact) mass is 513 g/mol. The van der Waals surface area contributed by atoms with Crippen LogP contribution in [0.25, 0.3) is 0 Å². The first-order valence-electron chi connectivity index (χ1n) is 10.4. The molecule has 0 bridgehead atoms. The molecule has 5 atom stereocenters. The second-order valence-corrected chi connectivity index (χ2v) is 8.38. The summed E-state index contributed by atoms with van der Waals surface area (Å²) >= 11 is 0.836. The summed E-state index contributed by atoms with van der Waals surface area (Å²) < 4.78 is 32.5. The number of rotatable bonds is 8. The first-order valence-corrected chi connectivity index (χ1v) is 11.3. The van der Waals surface area contributed by atoms with Crippen LogP contribution in [-0.2, 0) is 42.9 Å². The van der Waals surface area contributed by atoms with E-state index >= 15 is 0 Å². The lowest BCUT2D eigenvalue weighted by molar-refractivity contribution is -0.237. The van der Waals surface area contributed by atoms with Gasteiger partial charge >= 0.3 is 23.9 Å². The maximum atomic E-state index is 11.9. The molecule has 35 heavy (non-hydrogen) atoms. The highest BCUT2D eigenvalue weighted by molar-refractivity contribution is 8.14. The van der Waals surface area contributed by atoms with Gasteiger partial charge < -0.3 is 33.6 Å². The van der Waals surface area contributed by atoms with Crippen molar-refractivity contribution in [2.45, 2.75) is 57.5 Å². The fourth-order valence-corrected chi connectivity index (χ4v) is 4.46. The van der Waals surface area contributed by atoms with Crippen LogP contribution in [0.4, 0.5) is 0 Å². The van der Waals surface area contributed by atoms with Crippen LogP contribution in [-0.4, -0.2) is 77.7 Å². The van der Waals surface area contributed by atoms with Gasteiger partial charge in [0.05, 0.1) is 12.7 Å². The molecule has 1 aromatic rings. The number of methoxy groups -OCH3 is 1. The van der Waals surface area contributed by atoms with Gasteiger partial charge in [-0.25, -0.2) is 0 Å². The summed E-state index contributed by atoms with van der Waals surface area (Å²) in [5.74, 6) is -2.46. The molecule has 12 nitrogen and oxygen atoms in total. The van der Waals surface area contributed by atoms with Gasteiger partial charge in [0, 0.05) is 27.7 Å². The molecule has 1 aliphatic rings.